The van der Waals surface area contributed by atoms with Crippen LogP contribution in [0.25, 0.3) is 0 Å². The van der Waals surface area contributed by atoms with Gasteiger partial charge < -0.3 is 4.90 Å². The molecular formula is C8H8ClF3N2. The Morgan fingerprint density at radius 2 is 2.07 bits per heavy atom. The summed E-state index contributed by atoms with van der Waals surface area (Å²) in [4.78, 5) is 5.06. The lowest BCUT2D eigenvalue weighted by atomic mass is 10.2. The summed E-state index contributed by atoms with van der Waals surface area (Å²) < 4.78 is 36.9. The first-order valence-electron chi connectivity index (χ1n) is 4.22. The number of nitrogens with zero attached hydrogens (tertiary/aromatic N) is 2. The fourth-order valence-electron chi connectivity index (χ4n) is 1.27. The smallest absolute Gasteiger partial charge is 0.340 e. The van der Waals surface area contributed by atoms with Crippen LogP contribution in [0.3, 0.4) is 0 Å². The molecule has 2 aliphatic rings. The van der Waals surface area contributed by atoms with Crippen LogP contribution < -0.4 is 0 Å². The molecule has 0 N–H and O–H groups in total. The summed E-state index contributed by atoms with van der Waals surface area (Å²) >= 11 is 5.75. The molecule has 0 aromatic heterocycles. The van der Waals surface area contributed by atoms with E-state index in [0.29, 0.717) is 0 Å². The van der Waals surface area contributed by atoms with Gasteiger partial charge in [0.05, 0.1) is 5.57 Å². The molecular weight excluding hydrogens is 217 g/mol. The van der Waals surface area contributed by atoms with E-state index in [2.05, 4.69) is 4.99 Å². The first-order chi connectivity index (χ1) is 6.48. The van der Waals surface area contributed by atoms with Gasteiger partial charge in [-0.15, -0.1) is 0 Å². The van der Waals surface area contributed by atoms with Crippen LogP contribution in [0.5, 0.6) is 0 Å². The van der Waals surface area contributed by atoms with Crippen LogP contribution in [-0.2, 0) is 0 Å². The summed E-state index contributed by atoms with van der Waals surface area (Å²) in [5.41, 5.74) is -1.42. The van der Waals surface area contributed by atoms with E-state index in [0.717, 1.165) is 25.3 Å². The Labute approximate surface area is 84.0 Å². The third-order valence-corrected chi connectivity index (χ3v) is 2.50. The molecule has 1 aliphatic carbocycles. The van der Waals surface area contributed by atoms with Gasteiger partial charge in [-0.25, -0.2) is 0 Å². The molecule has 0 amide bonds. The van der Waals surface area contributed by atoms with E-state index in [9.17, 15) is 13.2 Å². The van der Waals surface area contributed by atoms with Crippen molar-refractivity contribution in [2.45, 2.75) is 30.7 Å². The molecule has 1 atom stereocenters. The van der Waals surface area contributed by atoms with Crippen molar-refractivity contribution in [3.63, 3.8) is 0 Å². The van der Waals surface area contributed by atoms with Crippen LogP contribution in [0.1, 0.15) is 12.8 Å². The monoisotopic (exact) mass is 224 g/mol. The van der Waals surface area contributed by atoms with E-state index < -0.39 is 17.4 Å². The quantitative estimate of drug-likeness (QED) is 0.494. The molecule has 1 saturated carbocycles. The zero-order chi connectivity index (χ0) is 10.3. The zero-order valence-electron chi connectivity index (χ0n) is 7.13. The fraction of sp³-hybridized carbons (Fsp3) is 0.625. The molecule has 0 aromatic carbocycles. The number of aliphatic imine (C=N–C) groups is 1. The molecule has 0 saturated heterocycles. The van der Waals surface area contributed by atoms with Crippen LogP contribution in [-0.4, -0.2) is 29.0 Å². The minimum Gasteiger partial charge on any atom is -0.340 e. The van der Waals surface area contributed by atoms with Gasteiger partial charge in [-0.2, -0.15) is 13.2 Å². The Morgan fingerprint density at radius 1 is 1.43 bits per heavy atom. The van der Waals surface area contributed by atoms with Crippen LogP contribution in [0.4, 0.5) is 13.2 Å². The van der Waals surface area contributed by atoms with Gasteiger partial charge >= 0.3 is 6.18 Å². The van der Waals surface area contributed by atoms with Gasteiger partial charge in [0, 0.05) is 18.5 Å². The Bertz CT molecular complexity index is 293. The predicted octanol–water partition coefficient (Wildman–Crippen LogP) is 2.50. The van der Waals surface area contributed by atoms with Crippen molar-refractivity contribution in [3.8, 4) is 0 Å². The van der Waals surface area contributed by atoms with Gasteiger partial charge in [0.2, 0.25) is 0 Å². The van der Waals surface area contributed by atoms with Crippen LogP contribution in [0.2, 0.25) is 0 Å². The van der Waals surface area contributed by atoms with Crippen molar-refractivity contribution in [2.75, 3.05) is 0 Å². The van der Waals surface area contributed by atoms with Crippen molar-refractivity contribution in [2.24, 2.45) is 4.99 Å². The van der Waals surface area contributed by atoms with Gasteiger partial charge in [0.1, 0.15) is 0 Å². The molecule has 14 heavy (non-hydrogen) atoms. The molecule has 1 unspecified atom stereocenters. The largest absolute Gasteiger partial charge is 0.419 e. The zero-order valence-corrected chi connectivity index (χ0v) is 7.89. The molecule has 78 valence electrons. The van der Waals surface area contributed by atoms with Gasteiger partial charge in [-0.1, -0.05) is 11.6 Å². The Balaban J connectivity index is 2.19. The van der Waals surface area contributed by atoms with Crippen molar-refractivity contribution in [1.29, 1.82) is 0 Å². The minimum atomic E-state index is -4.34. The highest BCUT2D eigenvalue weighted by molar-refractivity contribution is 6.21. The average Bonchev–Trinajstić information content (AvgIpc) is 2.85. The number of halogens is 4. The Hall–Kier alpha value is -0.710. The molecule has 2 nitrogen and oxygen atoms in total. The Morgan fingerprint density at radius 3 is 2.57 bits per heavy atom. The van der Waals surface area contributed by atoms with Crippen molar-refractivity contribution in [3.05, 3.63) is 11.8 Å². The topological polar surface area (TPSA) is 15.6 Å². The van der Waals surface area contributed by atoms with Crippen molar-refractivity contribution >= 4 is 17.8 Å². The highest BCUT2D eigenvalue weighted by atomic mass is 35.5. The lowest BCUT2D eigenvalue weighted by Crippen LogP contribution is -2.32. The summed E-state index contributed by atoms with van der Waals surface area (Å²) in [7, 11) is 0. The highest BCUT2D eigenvalue weighted by Gasteiger charge is 2.39. The van der Waals surface area contributed by atoms with E-state index in [1.807, 2.05) is 0 Å². The molecule has 0 bridgehead atoms. The summed E-state index contributed by atoms with van der Waals surface area (Å²) in [5.74, 6) is 0. The Kier molecular flexibility index (Phi) is 2.21. The molecule has 1 fully saturated rings. The van der Waals surface area contributed by atoms with Gasteiger partial charge in [0.15, 0.2) is 5.62 Å². The average molecular weight is 225 g/mol. The molecule has 1 aliphatic heterocycles. The molecule has 2 rings (SSSR count). The first-order valence-corrected chi connectivity index (χ1v) is 4.66. The fourth-order valence-corrected chi connectivity index (χ4v) is 1.54. The van der Waals surface area contributed by atoms with Crippen LogP contribution >= 0.6 is 11.6 Å². The van der Waals surface area contributed by atoms with Crippen molar-refractivity contribution < 1.29 is 13.2 Å². The van der Waals surface area contributed by atoms with E-state index in [1.165, 1.54) is 4.90 Å². The number of hydrogen-bond acceptors (Lipinski definition) is 2. The maximum absolute atomic E-state index is 12.3. The number of alkyl halides is 4. The van der Waals surface area contributed by atoms with Gasteiger partial charge in [0.25, 0.3) is 0 Å². The summed E-state index contributed by atoms with van der Waals surface area (Å²) in [6.45, 7) is 0. The SMILES string of the molecule is FC(F)(F)C1=CN(C2CC2)C(Cl)N=C1. The second-order valence-electron chi connectivity index (χ2n) is 3.35. The first kappa shape index (κ1) is 9.83. The maximum Gasteiger partial charge on any atom is 0.419 e. The summed E-state index contributed by atoms with van der Waals surface area (Å²) in [6, 6.07) is 0.132. The molecule has 0 spiro atoms. The molecule has 0 aromatic rings. The van der Waals surface area contributed by atoms with E-state index >= 15 is 0 Å². The highest BCUT2D eigenvalue weighted by Crippen LogP contribution is 2.35. The van der Waals surface area contributed by atoms with E-state index in [4.69, 9.17) is 11.6 Å². The molecule has 0 radical (unpaired) electrons. The maximum atomic E-state index is 12.3. The predicted molar refractivity (Wildman–Crippen MR) is 47.1 cm³/mol. The van der Waals surface area contributed by atoms with Crippen LogP contribution in [0, 0.1) is 0 Å². The van der Waals surface area contributed by atoms with E-state index in [-0.39, 0.29) is 6.04 Å². The third-order valence-electron chi connectivity index (χ3n) is 2.17. The minimum absolute atomic E-state index is 0.132. The third kappa shape index (κ3) is 1.87. The second kappa shape index (κ2) is 3.15. The standard InChI is InChI=1S/C8H8ClF3N2/c9-7-13-3-5(8(10,11)12)4-14(7)6-1-2-6/h3-4,6-7H,1-2H2. The van der Waals surface area contributed by atoms with Gasteiger partial charge in [-0.3, -0.25) is 4.99 Å². The number of allylic oxidation sites excluding steroid dienone is 1. The number of rotatable bonds is 1. The lowest BCUT2D eigenvalue weighted by molar-refractivity contribution is -0.0871. The number of hydrogen-bond donors (Lipinski definition) is 0. The summed E-state index contributed by atoms with van der Waals surface area (Å²) in [6.07, 6.45) is -0.715. The molecule has 6 heteroatoms. The second-order valence-corrected chi connectivity index (χ2v) is 3.74. The van der Waals surface area contributed by atoms with Gasteiger partial charge in [-0.05, 0) is 12.8 Å². The van der Waals surface area contributed by atoms with Crippen molar-refractivity contribution in [1.82, 2.24) is 4.90 Å². The molecule has 1 heterocycles. The summed E-state index contributed by atoms with van der Waals surface area (Å²) in [5, 5.41) is 0. The van der Waals surface area contributed by atoms with E-state index in [1.54, 1.807) is 0 Å². The normalized spacial score (nSPS) is 27.9. The lowest BCUT2D eigenvalue weighted by Gasteiger charge is -2.27. The van der Waals surface area contributed by atoms with Crippen LogP contribution in [0.15, 0.2) is 16.8 Å².